The zero-order chi connectivity index (χ0) is 15.8. The summed E-state index contributed by atoms with van der Waals surface area (Å²) in [6, 6.07) is 7.51. The van der Waals surface area contributed by atoms with Gasteiger partial charge in [0.1, 0.15) is 5.75 Å². The van der Waals surface area contributed by atoms with E-state index < -0.39 is 6.04 Å². The highest BCUT2D eigenvalue weighted by Crippen LogP contribution is 2.17. The summed E-state index contributed by atoms with van der Waals surface area (Å²) in [5.41, 5.74) is 7.22. The molecular formula is C17H26N2O3. The van der Waals surface area contributed by atoms with Crippen molar-refractivity contribution in [2.75, 3.05) is 26.4 Å². The molecule has 5 nitrogen and oxygen atoms in total. The molecule has 1 amide bonds. The Morgan fingerprint density at radius 1 is 1.36 bits per heavy atom. The fraction of sp³-hybridized carbons (Fsp3) is 0.588. The standard InChI is InChI=1S/C17H26N2O3/c1-13-3-5-15(6-4-13)22-10-2-9-19-17(20)16(18)14-7-11-21-12-8-14/h3-6,14,16H,2,7-12,18H2,1H3,(H,19,20). The van der Waals surface area contributed by atoms with Crippen molar-refractivity contribution in [2.45, 2.75) is 32.2 Å². The maximum absolute atomic E-state index is 12.0. The van der Waals surface area contributed by atoms with E-state index in [1.807, 2.05) is 31.2 Å². The molecule has 1 aliphatic heterocycles. The van der Waals surface area contributed by atoms with Gasteiger partial charge in [0.2, 0.25) is 5.91 Å². The van der Waals surface area contributed by atoms with Gasteiger partial charge in [0.15, 0.2) is 0 Å². The first-order valence-electron chi connectivity index (χ1n) is 7.97. The van der Waals surface area contributed by atoms with E-state index in [0.717, 1.165) is 25.0 Å². The summed E-state index contributed by atoms with van der Waals surface area (Å²) < 4.78 is 10.9. The molecule has 1 saturated heterocycles. The smallest absolute Gasteiger partial charge is 0.237 e. The SMILES string of the molecule is Cc1ccc(OCCCNC(=O)C(N)C2CCOCC2)cc1. The minimum atomic E-state index is -0.429. The second-order valence-electron chi connectivity index (χ2n) is 5.78. The molecular weight excluding hydrogens is 280 g/mol. The quantitative estimate of drug-likeness (QED) is 0.751. The lowest BCUT2D eigenvalue weighted by atomic mass is 9.92. The van der Waals surface area contributed by atoms with Crippen molar-refractivity contribution in [3.8, 4) is 5.75 Å². The first kappa shape index (κ1) is 16.8. The van der Waals surface area contributed by atoms with Crippen molar-refractivity contribution in [3.05, 3.63) is 29.8 Å². The number of carbonyl (C=O) groups is 1. The average molecular weight is 306 g/mol. The largest absolute Gasteiger partial charge is 0.494 e. The number of aryl methyl sites for hydroxylation is 1. The topological polar surface area (TPSA) is 73.6 Å². The van der Waals surface area contributed by atoms with Gasteiger partial charge >= 0.3 is 0 Å². The van der Waals surface area contributed by atoms with E-state index in [2.05, 4.69) is 5.32 Å². The molecule has 1 aromatic carbocycles. The van der Waals surface area contributed by atoms with Gasteiger partial charge in [-0.3, -0.25) is 4.79 Å². The number of carbonyl (C=O) groups excluding carboxylic acids is 1. The first-order chi connectivity index (χ1) is 10.7. The number of nitrogens with one attached hydrogen (secondary N) is 1. The zero-order valence-corrected chi connectivity index (χ0v) is 13.2. The van der Waals surface area contributed by atoms with Crippen molar-refractivity contribution in [1.82, 2.24) is 5.32 Å². The molecule has 122 valence electrons. The summed E-state index contributed by atoms with van der Waals surface area (Å²) in [6.07, 6.45) is 2.50. The first-order valence-corrected chi connectivity index (χ1v) is 7.97. The van der Waals surface area contributed by atoms with Crippen LogP contribution < -0.4 is 15.8 Å². The molecule has 1 fully saturated rings. The van der Waals surface area contributed by atoms with Gasteiger partial charge in [-0.1, -0.05) is 17.7 Å². The predicted octanol–water partition coefficient (Wildman–Crippen LogP) is 1.63. The number of hydrogen-bond donors (Lipinski definition) is 2. The van der Waals surface area contributed by atoms with Crippen LogP contribution in [0.15, 0.2) is 24.3 Å². The van der Waals surface area contributed by atoms with Crippen LogP contribution in [0.3, 0.4) is 0 Å². The second-order valence-corrected chi connectivity index (χ2v) is 5.78. The molecule has 0 bridgehead atoms. The van der Waals surface area contributed by atoms with Crippen LogP contribution in [0.2, 0.25) is 0 Å². The number of amides is 1. The van der Waals surface area contributed by atoms with Crippen LogP contribution in [-0.2, 0) is 9.53 Å². The fourth-order valence-corrected chi connectivity index (χ4v) is 2.52. The van der Waals surface area contributed by atoms with Gasteiger partial charge in [-0.2, -0.15) is 0 Å². The normalized spacial score (nSPS) is 17.0. The number of rotatable bonds is 7. The molecule has 1 heterocycles. The van der Waals surface area contributed by atoms with Gasteiger partial charge in [0.05, 0.1) is 12.6 Å². The van der Waals surface area contributed by atoms with Crippen molar-refractivity contribution >= 4 is 5.91 Å². The molecule has 22 heavy (non-hydrogen) atoms. The zero-order valence-electron chi connectivity index (χ0n) is 13.2. The Hall–Kier alpha value is -1.59. The van der Waals surface area contributed by atoms with Crippen LogP contribution in [-0.4, -0.2) is 38.3 Å². The lowest BCUT2D eigenvalue weighted by molar-refractivity contribution is -0.124. The van der Waals surface area contributed by atoms with Crippen molar-refractivity contribution in [2.24, 2.45) is 11.7 Å². The Balaban J connectivity index is 1.59. The van der Waals surface area contributed by atoms with Crippen LogP contribution in [0.5, 0.6) is 5.75 Å². The highest BCUT2D eigenvalue weighted by atomic mass is 16.5. The van der Waals surface area contributed by atoms with Gasteiger partial charge in [0, 0.05) is 19.8 Å². The third-order valence-electron chi connectivity index (χ3n) is 3.99. The van der Waals surface area contributed by atoms with Crippen LogP contribution in [0.4, 0.5) is 0 Å². The van der Waals surface area contributed by atoms with Gasteiger partial charge in [-0.15, -0.1) is 0 Å². The van der Waals surface area contributed by atoms with Crippen LogP contribution in [0.1, 0.15) is 24.8 Å². The molecule has 0 aromatic heterocycles. The van der Waals surface area contributed by atoms with Gasteiger partial charge < -0.3 is 20.5 Å². The van der Waals surface area contributed by atoms with E-state index >= 15 is 0 Å². The van der Waals surface area contributed by atoms with Crippen LogP contribution in [0, 0.1) is 12.8 Å². The minimum absolute atomic E-state index is 0.0674. The number of ether oxygens (including phenoxy) is 2. The molecule has 5 heteroatoms. The summed E-state index contributed by atoms with van der Waals surface area (Å²) in [5, 5.41) is 2.89. The Labute approximate surface area is 132 Å². The van der Waals surface area contributed by atoms with Crippen molar-refractivity contribution < 1.29 is 14.3 Å². The highest BCUT2D eigenvalue weighted by Gasteiger charge is 2.26. The van der Waals surface area contributed by atoms with E-state index in [1.165, 1.54) is 5.56 Å². The number of hydrogen-bond acceptors (Lipinski definition) is 4. The predicted molar refractivity (Wildman–Crippen MR) is 85.8 cm³/mol. The summed E-state index contributed by atoms with van der Waals surface area (Å²) in [5.74, 6) is 1.02. The number of benzene rings is 1. The lowest BCUT2D eigenvalue weighted by Gasteiger charge is -2.26. The third kappa shape index (κ3) is 5.31. The van der Waals surface area contributed by atoms with E-state index in [1.54, 1.807) is 0 Å². The maximum Gasteiger partial charge on any atom is 0.237 e. The van der Waals surface area contributed by atoms with E-state index in [-0.39, 0.29) is 11.8 Å². The Morgan fingerprint density at radius 3 is 2.73 bits per heavy atom. The fourth-order valence-electron chi connectivity index (χ4n) is 2.52. The molecule has 0 aliphatic carbocycles. The summed E-state index contributed by atoms with van der Waals surface area (Å²) in [6.45, 7) is 4.62. The van der Waals surface area contributed by atoms with E-state index in [9.17, 15) is 4.79 Å². The molecule has 1 atom stereocenters. The maximum atomic E-state index is 12.0. The van der Waals surface area contributed by atoms with Crippen LogP contribution in [0.25, 0.3) is 0 Å². The molecule has 1 aliphatic rings. The Kier molecular flexibility index (Phi) is 6.68. The molecule has 0 radical (unpaired) electrons. The molecule has 2 rings (SSSR count). The Bertz CT molecular complexity index is 455. The average Bonchev–Trinajstić information content (AvgIpc) is 2.56. The molecule has 3 N–H and O–H groups in total. The minimum Gasteiger partial charge on any atom is -0.494 e. The van der Waals surface area contributed by atoms with E-state index in [0.29, 0.717) is 26.4 Å². The summed E-state index contributed by atoms with van der Waals surface area (Å²) in [7, 11) is 0. The third-order valence-corrected chi connectivity index (χ3v) is 3.99. The van der Waals surface area contributed by atoms with Gasteiger partial charge in [-0.05, 0) is 44.2 Å². The molecule has 1 unspecified atom stereocenters. The highest BCUT2D eigenvalue weighted by molar-refractivity contribution is 5.81. The van der Waals surface area contributed by atoms with E-state index in [4.69, 9.17) is 15.2 Å². The molecule has 1 aromatic rings. The van der Waals surface area contributed by atoms with Gasteiger partial charge in [-0.25, -0.2) is 0 Å². The monoisotopic (exact) mass is 306 g/mol. The van der Waals surface area contributed by atoms with Crippen LogP contribution >= 0.6 is 0 Å². The second kappa shape index (κ2) is 8.76. The molecule has 0 spiro atoms. The van der Waals surface area contributed by atoms with Crippen molar-refractivity contribution in [1.29, 1.82) is 0 Å². The molecule has 0 saturated carbocycles. The summed E-state index contributed by atoms with van der Waals surface area (Å²) in [4.78, 5) is 12.0. The van der Waals surface area contributed by atoms with Gasteiger partial charge in [0.25, 0.3) is 0 Å². The Morgan fingerprint density at radius 2 is 2.05 bits per heavy atom. The summed E-state index contributed by atoms with van der Waals surface area (Å²) >= 11 is 0. The lowest BCUT2D eigenvalue weighted by Crippen LogP contribution is -2.47. The number of nitrogens with two attached hydrogens (primary N) is 1. The van der Waals surface area contributed by atoms with Crippen molar-refractivity contribution in [3.63, 3.8) is 0 Å².